The maximum absolute atomic E-state index is 13.8. The van der Waals surface area contributed by atoms with Gasteiger partial charge in [0.05, 0.1) is 6.04 Å². The van der Waals surface area contributed by atoms with Crippen LogP contribution >= 0.6 is 27.5 Å². The van der Waals surface area contributed by atoms with E-state index in [0.29, 0.717) is 21.8 Å². The lowest BCUT2D eigenvalue weighted by atomic mass is 9.97. The Hall–Kier alpha value is -2.52. The van der Waals surface area contributed by atoms with E-state index in [0.717, 1.165) is 9.15 Å². The Morgan fingerprint density at radius 2 is 1.97 bits per heavy atom. The molecule has 4 rings (SSSR count). The number of amides is 1. The first-order chi connectivity index (χ1) is 14.6. The molecule has 1 aromatic heterocycles. The maximum Gasteiger partial charge on any atom is 0.410 e. The second kappa shape index (κ2) is 8.20. The number of aromatic nitrogens is 2. The Balaban J connectivity index is 1.65. The normalized spacial score (nSPS) is 18.3. The van der Waals surface area contributed by atoms with Crippen molar-refractivity contribution in [1.29, 1.82) is 0 Å². The molecule has 2 atom stereocenters. The molecule has 2 aromatic carbocycles. The molecule has 1 aliphatic rings. The molecule has 2 N–H and O–H groups in total. The summed E-state index contributed by atoms with van der Waals surface area (Å²) in [5.41, 5.74) is 1.72. The zero-order chi connectivity index (χ0) is 22.3. The van der Waals surface area contributed by atoms with Gasteiger partial charge in [0, 0.05) is 27.7 Å². The largest absolute Gasteiger partial charge is 0.410 e. The third kappa shape index (κ3) is 4.43. The van der Waals surface area contributed by atoms with Crippen molar-refractivity contribution in [3.05, 3.63) is 74.8 Å². The van der Waals surface area contributed by atoms with Gasteiger partial charge in [0.2, 0.25) is 0 Å². The smallest absolute Gasteiger partial charge is 0.363 e. The number of fused-ring (bicyclic) bond motifs is 1. The molecule has 0 aliphatic carbocycles. The summed E-state index contributed by atoms with van der Waals surface area (Å²) in [6.45, 7) is 1.74. The zero-order valence-corrected chi connectivity index (χ0v) is 18.5. The fourth-order valence-corrected chi connectivity index (χ4v) is 3.97. The number of nitrogens with one attached hydrogen (secondary N) is 2. The lowest BCUT2D eigenvalue weighted by Crippen LogP contribution is -2.35. The quantitative estimate of drug-likeness (QED) is 0.419. The SMILES string of the molecule is Cc1c(Cl)cccc1NC(=O)c1cc2n(n1)[C@@H](C(F)(F)F)C[C@H](c1ccc(Br)cc1)N2. The highest BCUT2D eigenvalue weighted by molar-refractivity contribution is 9.10. The molecule has 1 aliphatic heterocycles. The Bertz CT molecular complexity index is 1130. The molecule has 0 spiro atoms. The summed E-state index contributed by atoms with van der Waals surface area (Å²) < 4.78 is 43.1. The van der Waals surface area contributed by atoms with Gasteiger partial charge in [-0.05, 0) is 42.3 Å². The third-order valence-electron chi connectivity index (χ3n) is 5.21. The standard InChI is InChI=1S/C21H17BrClF3N4O/c1-11-14(23)3-2-4-15(11)28-20(31)17-10-19-27-16(12-5-7-13(22)8-6-12)9-18(21(24,25)26)30(19)29-17/h2-8,10,16,18,27H,9H2,1H3,(H,28,31)/t16-,18-/m1/s1. The molecule has 0 fully saturated rings. The summed E-state index contributed by atoms with van der Waals surface area (Å²) in [6.07, 6.45) is -4.76. The van der Waals surface area contributed by atoms with Crippen LogP contribution in [-0.4, -0.2) is 21.9 Å². The van der Waals surface area contributed by atoms with Gasteiger partial charge in [0.1, 0.15) is 5.82 Å². The van der Waals surface area contributed by atoms with Crippen molar-refractivity contribution in [2.75, 3.05) is 10.6 Å². The van der Waals surface area contributed by atoms with Crippen molar-refractivity contribution in [3.8, 4) is 0 Å². The van der Waals surface area contributed by atoms with Gasteiger partial charge in [-0.2, -0.15) is 18.3 Å². The van der Waals surface area contributed by atoms with E-state index in [4.69, 9.17) is 11.6 Å². The van der Waals surface area contributed by atoms with Crippen LogP contribution in [0.25, 0.3) is 0 Å². The Labute approximate surface area is 189 Å². The molecule has 2 heterocycles. The van der Waals surface area contributed by atoms with Crippen molar-refractivity contribution >= 4 is 44.9 Å². The van der Waals surface area contributed by atoms with Crippen LogP contribution in [-0.2, 0) is 0 Å². The van der Waals surface area contributed by atoms with Crippen molar-refractivity contribution in [2.24, 2.45) is 0 Å². The molecule has 31 heavy (non-hydrogen) atoms. The molecular weight excluding hydrogens is 497 g/mol. The number of hydrogen-bond donors (Lipinski definition) is 2. The van der Waals surface area contributed by atoms with E-state index in [1.165, 1.54) is 6.07 Å². The number of halogens is 5. The molecule has 3 aromatic rings. The topological polar surface area (TPSA) is 59.0 Å². The summed E-state index contributed by atoms with van der Waals surface area (Å²) in [5.74, 6) is -0.482. The Morgan fingerprint density at radius 1 is 1.26 bits per heavy atom. The van der Waals surface area contributed by atoms with E-state index in [-0.39, 0.29) is 17.9 Å². The van der Waals surface area contributed by atoms with Gasteiger partial charge >= 0.3 is 6.18 Å². The van der Waals surface area contributed by atoms with Crippen molar-refractivity contribution in [1.82, 2.24) is 9.78 Å². The summed E-state index contributed by atoms with van der Waals surface area (Å²) in [6, 6.07) is 11.0. The van der Waals surface area contributed by atoms with E-state index in [1.54, 1.807) is 49.4 Å². The van der Waals surface area contributed by atoms with Crippen molar-refractivity contribution < 1.29 is 18.0 Å². The van der Waals surface area contributed by atoms with Gasteiger partial charge < -0.3 is 10.6 Å². The monoisotopic (exact) mass is 512 g/mol. The molecule has 0 unspecified atom stereocenters. The van der Waals surface area contributed by atoms with Crippen LogP contribution in [0, 0.1) is 6.92 Å². The minimum Gasteiger partial charge on any atom is -0.363 e. The van der Waals surface area contributed by atoms with E-state index in [2.05, 4.69) is 31.7 Å². The number of nitrogens with zero attached hydrogens (tertiary/aromatic N) is 2. The minimum atomic E-state index is -4.52. The van der Waals surface area contributed by atoms with Crippen LogP contribution in [0.1, 0.15) is 40.1 Å². The fraction of sp³-hybridized carbons (Fsp3) is 0.238. The molecular formula is C21H17BrClF3N4O. The highest BCUT2D eigenvalue weighted by Gasteiger charge is 2.46. The fourth-order valence-electron chi connectivity index (χ4n) is 3.53. The molecule has 0 saturated carbocycles. The van der Waals surface area contributed by atoms with Gasteiger partial charge in [-0.25, -0.2) is 4.68 Å². The van der Waals surface area contributed by atoms with Gasteiger partial charge in [0.25, 0.3) is 5.91 Å². The molecule has 0 bridgehead atoms. The Kier molecular flexibility index (Phi) is 5.74. The van der Waals surface area contributed by atoms with Gasteiger partial charge in [-0.3, -0.25) is 4.79 Å². The number of alkyl halides is 3. The first kappa shape index (κ1) is 21.7. The minimum absolute atomic E-state index is 0.118. The highest BCUT2D eigenvalue weighted by Crippen LogP contribution is 2.43. The van der Waals surface area contributed by atoms with Crippen LogP contribution in [0.15, 0.2) is 53.0 Å². The second-order valence-corrected chi connectivity index (χ2v) is 8.59. The van der Waals surface area contributed by atoms with E-state index < -0.39 is 24.2 Å². The van der Waals surface area contributed by atoms with Crippen molar-refractivity contribution in [2.45, 2.75) is 31.6 Å². The average Bonchev–Trinajstić information content (AvgIpc) is 3.14. The number of carbonyl (C=O) groups excluding carboxylic acids is 1. The number of benzene rings is 2. The summed E-state index contributed by atoms with van der Waals surface area (Å²) in [4.78, 5) is 12.7. The molecule has 0 radical (unpaired) electrons. The highest BCUT2D eigenvalue weighted by atomic mass is 79.9. The molecule has 10 heteroatoms. The Morgan fingerprint density at radius 3 is 2.65 bits per heavy atom. The summed E-state index contributed by atoms with van der Waals surface area (Å²) >= 11 is 9.40. The van der Waals surface area contributed by atoms with E-state index >= 15 is 0 Å². The molecule has 5 nitrogen and oxygen atoms in total. The number of hydrogen-bond acceptors (Lipinski definition) is 3. The number of carbonyl (C=O) groups is 1. The number of anilines is 2. The van der Waals surface area contributed by atoms with E-state index in [9.17, 15) is 18.0 Å². The average molecular weight is 514 g/mol. The molecule has 1 amide bonds. The van der Waals surface area contributed by atoms with Crippen LogP contribution in [0.2, 0.25) is 5.02 Å². The van der Waals surface area contributed by atoms with Crippen LogP contribution in [0.3, 0.4) is 0 Å². The van der Waals surface area contributed by atoms with Gasteiger partial charge in [-0.1, -0.05) is 45.7 Å². The molecule has 0 saturated heterocycles. The summed E-state index contributed by atoms with van der Waals surface area (Å²) in [7, 11) is 0. The van der Waals surface area contributed by atoms with Crippen molar-refractivity contribution in [3.63, 3.8) is 0 Å². The maximum atomic E-state index is 13.8. The first-order valence-corrected chi connectivity index (χ1v) is 10.6. The van der Waals surface area contributed by atoms with Gasteiger partial charge in [-0.15, -0.1) is 0 Å². The molecule has 162 valence electrons. The first-order valence-electron chi connectivity index (χ1n) is 9.38. The lowest BCUT2D eigenvalue weighted by molar-refractivity contribution is -0.173. The predicted molar refractivity (Wildman–Crippen MR) is 117 cm³/mol. The van der Waals surface area contributed by atoms with Crippen LogP contribution in [0.4, 0.5) is 24.7 Å². The third-order valence-corrected chi connectivity index (χ3v) is 6.15. The van der Waals surface area contributed by atoms with Gasteiger partial charge in [0.15, 0.2) is 11.7 Å². The summed E-state index contributed by atoms with van der Waals surface area (Å²) in [5, 5.41) is 10.2. The zero-order valence-electron chi connectivity index (χ0n) is 16.2. The van der Waals surface area contributed by atoms with E-state index in [1.807, 2.05) is 0 Å². The number of rotatable bonds is 3. The van der Waals surface area contributed by atoms with Crippen LogP contribution in [0.5, 0.6) is 0 Å². The second-order valence-electron chi connectivity index (χ2n) is 7.27. The lowest BCUT2D eigenvalue weighted by Gasteiger charge is -2.33. The van der Waals surface area contributed by atoms with Crippen LogP contribution < -0.4 is 10.6 Å². The predicted octanol–water partition coefficient (Wildman–Crippen LogP) is 6.52.